The maximum absolute atomic E-state index is 12.4. The Bertz CT molecular complexity index is 563. The smallest absolute Gasteiger partial charge is 0.173 e. The van der Waals surface area contributed by atoms with Crippen LogP contribution in [0.15, 0.2) is 34.6 Å². The van der Waals surface area contributed by atoms with E-state index in [0.29, 0.717) is 0 Å². The molecule has 114 valence electrons. The van der Waals surface area contributed by atoms with Crippen molar-refractivity contribution in [3.8, 4) is 0 Å². The van der Waals surface area contributed by atoms with Gasteiger partial charge in [-0.25, -0.2) is 0 Å². The molecule has 0 bridgehead atoms. The van der Waals surface area contributed by atoms with Crippen LogP contribution in [-0.2, 0) is 9.59 Å². The maximum Gasteiger partial charge on any atom is 0.173 e. The summed E-state index contributed by atoms with van der Waals surface area (Å²) < 4.78 is 0. The third-order valence-electron chi connectivity index (χ3n) is 3.91. The quantitative estimate of drug-likeness (QED) is 0.683. The summed E-state index contributed by atoms with van der Waals surface area (Å²) in [6.45, 7) is 3.76. The summed E-state index contributed by atoms with van der Waals surface area (Å²) in [6.07, 6.45) is 1.38. The number of carbonyl (C=O) groups excluding carboxylic acids is 2. The summed E-state index contributed by atoms with van der Waals surface area (Å²) >= 11 is 0. The van der Waals surface area contributed by atoms with Crippen LogP contribution in [-0.4, -0.2) is 39.1 Å². The molecule has 0 fully saturated rings. The van der Waals surface area contributed by atoms with E-state index in [9.17, 15) is 24.9 Å². The van der Waals surface area contributed by atoms with Crippen molar-refractivity contribution in [1.29, 1.82) is 0 Å². The van der Waals surface area contributed by atoms with Gasteiger partial charge in [0, 0.05) is 12.0 Å². The van der Waals surface area contributed by atoms with Crippen molar-refractivity contribution in [1.82, 2.24) is 0 Å². The predicted molar refractivity (Wildman–Crippen MR) is 76.5 cm³/mol. The summed E-state index contributed by atoms with van der Waals surface area (Å²) in [5.74, 6) is -1.98. The van der Waals surface area contributed by atoms with Crippen molar-refractivity contribution >= 4 is 11.6 Å². The molecule has 0 saturated carbocycles. The van der Waals surface area contributed by atoms with E-state index < -0.39 is 23.9 Å². The van der Waals surface area contributed by atoms with Crippen molar-refractivity contribution < 1.29 is 24.9 Å². The van der Waals surface area contributed by atoms with Gasteiger partial charge in [-0.1, -0.05) is 11.6 Å². The molecule has 3 N–H and O–H groups in total. The first-order valence-electron chi connectivity index (χ1n) is 7.03. The Morgan fingerprint density at radius 2 is 2.10 bits per heavy atom. The normalized spacial score (nSPS) is 27.1. The van der Waals surface area contributed by atoms with Crippen LogP contribution in [0.2, 0.25) is 0 Å². The lowest BCUT2D eigenvalue weighted by Gasteiger charge is -2.31. The highest BCUT2D eigenvalue weighted by molar-refractivity contribution is 6.15. The van der Waals surface area contributed by atoms with E-state index in [0.717, 1.165) is 5.57 Å². The zero-order valence-corrected chi connectivity index (χ0v) is 12.2. The molecule has 0 amide bonds. The van der Waals surface area contributed by atoms with Crippen LogP contribution < -0.4 is 0 Å². The number of carbonyl (C=O) groups is 2. The number of hydrogen-bond donors (Lipinski definition) is 3. The fourth-order valence-corrected chi connectivity index (χ4v) is 2.75. The van der Waals surface area contributed by atoms with Gasteiger partial charge in [0.05, 0.1) is 23.7 Å². The van der Waals surface area contributed by atoms with Crippen molar-refractivity contribution in [2.45, 2.75) is 45.3 Å². The van der Waals surface area contributed by atoms with Crippen LogP contribution in [0.1, 0.15) is 33.1 Å². The highest BCUT2D eigenvalue weighted by atomic mass is 16.3. The molecule has 0 heterocycles. The van der Waals surface area contributed by atoms with E-state index in [-0.39, 0.29) is 42.0 Å². The number of aliphatic hydroxyl groups excluding tert-OH is 3. The average Bonchev–Trinajstić information content (AvgIpc) is 2.42. The van der Waals surface area contributed by atoms with Gasteiger partial charge in [0.2, 0.25) is 0 Å². The van der Waals surface area contributed by atoms with Gasteiger partial charge in [-0.2, -0.15) is 0 Å². The minimum Gasteiger partial charge on any atom is -0.508 e. The van der Waals surface area contributed by atoms with Gasteiger partial charge in [0.25, 0.3) is 0 Å². The topological polar surface area (TPSA) is 94.8 Å². The first kappa shape index (κ1) is 15.7. The molecule has 0 aliphatic heterocycles. The first-order chi connectivity index (χ1) is 9.82. The summed E-state index contributed by atoms with van der Waals surface area (Å²) in [6, 6.07) is 0. The summed E-state index contributed by atoms with van der Waals surface area (Å²) in [4.78, 5) is 24.6. The fraction of sp³-hybridized carbons (Fsp3) is 0.500. The second-order valence-electron chi connectivity index (χ2n) is 5.81. The Balaban J connectivity index is 2.31. The highest BCUT2D eigenvalue weighted by Gasteiger charge is 2.42. The van der Waals surface area contributed by atoms with E-state index in [1.807, 2.05) is 13.8 Å². The monoisotopic (exact) mass is 292 g/mol. The third kappa shape index (κ3) is 2.99. The van der Waals surface area contributed by atoms with Crippen molar-refractivity contribution in [2.75, 3.05) is 0 Å². The highest BCUT2D eigenvalue weighted by Crippen LogP contribution is 2.35. The standard InChI is InChI=1S/C16H20O5/c1-8(2)3-4-10(17)9-7-13(20)14-11(18)5-6-12(19)15(14)16(9)21/h3,6,9-11,17-19H,4-5,7H2,1-2H3/t9?,10-,11?/m1/s1. The van der Waals surface area contributed by atoms with Gasteiger partial charge in [0.15, 0.2) is 11.6 Å². The van der Waals surface area contributed by atoms with Crippen molar-refractivity contribution in [3.05, 3.63) is 34.6 Å². The Morgan fingerprint density at radius 3 is 2.71 bits per heavy atom. The van der Waals surface area contributed by atoms with Crippen LogP contribution in [0.25, 0.3) is 0 Å². The summed E-state index contributed by atoms with van der Waals surface area (Å²) in [7, 11) is 0. The summed E-state index contributed by atoms with van der Waals surface area (Å²) in [5.41, 5.74) is 0.885. The minimum absolute atomic E-state index is 0.00864. The molecule has 0 aromatic rings. The van der Waals surface area contributed by atoms with E-state index in [2.05, 4.69) is 0 Å². The molecule has 2 aliphatic rings. The molecule has 0 radical (unpaired) electrons. The number of ketones is 2. The number of aliphatic hydroxyl groups is 3. The molecule has 0 saturated heterocycles. The lowest BCUT2D eigenvalue weighted by Crippen LogP contribution is -2.40. The lowest BCUT2D eigenvalue weighted by atomic mass is 9.74. The molecule has 0 aromatic carbocycles. The van der Waals surface area contributed by atoms with Crippen molar-refractivity contribution in [3.63, 3.8) is 0 Å². The molecule has 2 rings (SSSR count). The van der Waals surface area contributed by atoms with Crippen LogP contribution in [0, 0.1) is 5.92 Å². The zero-order valence-electron chi connectivity index (χ0n) is 12.2. The fourth-order valence-electron chi connectivity index (χ4n) is 2.75. The number of hydrogen-bond acceptors (Lipinski definition) is 5. The van der Waals surface area contributed by atoms with E-state index >= 15 is 0 Å². The van der Waals surface area contributed by atoms with Gasteiger partial charge in [0.1, 0.15) is 5.76 Å². The van der Waals surface area contributed by atoms with Gasteiger partial charge in [-0.3, -0.25) is 9.59 Å². The lowest BCUT2D eigenvalue weighted by molar-refractivity contribution is -0.130. The van der Waals surface area contributed by atoms with Gasteiger partial charge in [-0.15, -0.1) is 0 Å². The Morgan fingerprint density at radius 1 is 1.43 bits per heavy atom. The molecule has 21 heavy (non-hydrogen) atoms. The van der Waals surface area contributed by atoms with Gasteiger partial charge in [-0.05, 0) is 32.8 Å². The Kier molecular flexibility index (Phi) is 4.44. The van der Waals surface area contributed by atoms with Gasteiger partial charge < -0.3 is 15.3 Å². The number of rotatable bonds is 3. The maximum atomic E-state index is 12.4. The molecule has 5 nitrogen and oxygen atoms in total. The molecular formula is C16H20O5. The SMILES string of the molecule is CC(C)=CC[C@@H](O)C1CC(=O)C2=C(C1=O)C(O)=CCC2O. The molecular weight excluding hydrogens is 272 g/mol. The van der Waals surface area contributed by atoms with E-state index in [1.165, 1.54) is 6.08 Å². The number of allylic oxidation sites excluding steroid dienone is 2. The van der Waals surface area contributed by atoms with Gasteiger partial charge >= 0.3 is 0 Å². The summed E-state index contributed by atoms with van der Waals surface area (Å²) in [5, 5.41) is 29.9. The average molecular weight is 292 g/mol. The Hall–Kier alpha value is -1.72. The van der Waals surface area contributed by atoms with Crippen LogP contribution in [0.5, 0.6) is 0 Å². The predicted octanol–water partition coefficient (Wildman–Crippen LogP) is 1.36. The van der Waals surface area contributed by atoms with E-state index in [4.69, 9.17) is 0 Å². The number of Topliss-reactive ketones (excluding diaryl/α,β-unsaturated/α-hetero) is 2. The zero-order chi connectivity index (χ0) is 15.7. The first-order valence-corrected chi connectivity index (χ1v) is 7.03. The molecule has 0 aromatic heterocycles. The largest absolute Gasteiger partial charge is 0.508 e. The van der Waals surface area contributed by atoms with Crippen LogP contribution in [0.3, 0.4) is 0 Å². The molecule has 3 atom stereocenters. The third-order valence-corrected chi connectivity index (χ3v) is 3.91. The molecule has 5 heteroatoms. The van der Waals surface area contributed by atoms with Crippen LogP contribution in [0.4, 0.5) is 0 Å². The second-order valence-corrected chi connectivity index (χ2v) is 5.81. The van der Waals surface area contributed by atoms with Crippen molar-refractivity contribution in [2.24, 2.45) is 5.92 Å². The molecule has 0 spiro atoms. The van der Waals surface area contributed by atoms with E-state index in [1.54, 1.807) is 6.08 Å². The molecule has 2 unspecified atom stereocenters. The second kappa shape index (κ2) is 5.95. The Labute approximate surface area is 123 Å². The minimum atomic E-state index is -1.05. The molecule has 2 aliphatic carbocycles. The van der Waals surface area contributed by atoms with Crippen LogP contribution >= 0.6 is 0 Å².